The first-order chi connectivity index (χ1) is 13.1. The van der Waals surface area contributed by atoms with Crippen molar-refractivity contribution in [1.29, 1.82) is 0 Å². The average Bonchev–Trinajstić information content (AvgIpc) is 2.66. The Balaban J connectivity index is 1.29. The van der Waals surface area contributed by atoms with Crippen LogP contribution in [0.2, 0.25) is 0 Å². The second-order valence-electron chi connectivity index (χ2n) is 8.15. The molecule has 3 aliphatic rings. The highest BCUT2D eigenvalue weighted by Gasteiger charge is 2.51. The minimum absolute atomic E-state index is 0.0468. The van der Waals surface area contributed by atoms with Crippen molar-refractivity contribution in [3.8, 4) is 6.01 Å². The third kappa shape index (κ3) is 4.09. The normalized spacial score (nSPS) is 26.0. The monoisotopic (exact) mass is 374 g/mol. The van der Waals surface area contributed by atoms with Crippen molar-refractivity contribution in [2.24, 2.45) is 5.92 Å². The predicted octanol–water partition coefficient (Wildman–Crippen LogP) is 1.66. The number of piperidine rings is 1. The molecule has 0 saturated carbocycles. The number of aryl methyl sites for hydroxylation is 1. The van der Waals surface area contributed by atoms with Gasteiger partial charge in [-0.25, -0.2) is 9.97 Å². The zero-order valence-electron chi connectivity index (χ0n) is 16.4. The highest BCUT2D eigenvalue weighted by Crippen LogP contribution is 2.37. The van der Waals surface area contributed by atoms with Crippen LogP contribution in [0, 0.1) is 12.8 Å². The summed E-state index contributed by atoms with van der Waals surface area (Å²) < 4.78 is 12.1. The maximum Gasteiger partial charge on any atom is 0.316 e. The molecule has 4 rings (SSSR count). The molecule has 3 saturated heterocycles. The zero-order chi connectivity index (χ0) is 18.9. The van der Waals surface area contributed by atoms with E-state index < -0.39 is 0 Å². The van der Waals surface area contributed by atoms with Crippen LogP contribution in [0.25, 0.3) is 0 Å². The van der Waals surface area contributed by atoms with Crippen LogP contribution in [-0.2, 0) is 9.53 Å². The highest BCUT2D eigenvalue weighted by atomic mass is 16.5. The molecule has 27 heavy (non-hydrogen) atoms. The molecule has 148 valence electrons. The van der Waals surface area contributed by atoms with E-state index in [-0.39, 0.29) is 17.6 Å². The Morgan fingerprint density at radius 2 is 2.11 bits per heavy atom. The van der Waals surface area contributed by atoms with Crippen molar-refractivity contribution in [1.82, 2.24) is 19.8 Å². The largest absolute Gasteiger partial charge is 0.460 e. The summed E-state index contributed by atoms with van der Waals surface area (Å²) >= 11 is 0. The quantitative estimate of drug-likeness (QED) is 0.798. The molecule has 0 aromatic carbocycles. The van der Waals surface area contributed by atoms with Crippen LogP contribution in [0.1, 0.15) is 38.3 Å². The summed E-state index contributed by atoms with van der Waals surface area (Å²) in [5.74, 6) is 0.492. The van der Waals surface area contributed by atoms with Gasteiger partial charge in [-0.15, -0.1) is 0 Å². The Bertz CT molecular complexity index is 669. The number of rotatable bonds is 4. The zero-order valence-corrected chi connectivity index (χ0v) is 16.4. The SMILES string of the molecule is CCN1CCC(C(=O)N2CC3(CC(Oc4nccc(C)n4)CCO3)C2)CC1. The van der Waals surface area contributed by atoms with Gasteiger partial charge >= 0.3 is 6.01 Å². The smallest absolute Gasteiger partial charge is 0.316 e. The van der Waals surface area contributed by atoms with Crippen LogP contribution < -0.4 is 4.74 Å². The van der Waals surface area contributed by atoms with Crippen molar-refractivity contribution in [3.05, 3.63) is 18.0 Å². The molecule has 4 heterocycles. The Kier molecular flexibility index (Phi) is 5.32. The molecular formula is C20H30N4O3. The van der Waals surface area contributed by atoms with Gasteiger partial charge in [-0.1, -0.05) is 6.92 Å². The number of nitrogens with zero attached hydrogens (tertiary/aromatic N) is 4. The van der Waals surface area contributed by atoms with E-state index in [0.29, 0.717) is 31.6 Å². The number of amides is 1. The third-order valence-electron chi connectivity index (χ3n) is 6.15. The van der Waals surface area contributed by atoms with Gasteiger partial charge in [-0.2, -0.15) is 0 Å². The van der Waals surface area contributed by atoms with E-state index in [2.05, 4.69) is 21.8 Å². The van der Waals surface area contributed by atoms with Gasteiger partial charge < -0.3 is 19.3 Å². The number of carbonyl (C=O) groups is 1. The van der Waals surface area contributed by atoms with Crippen molar-refractivity contribution < 1.29 is 14.3 Å². The van der Waals surface area contributed by atoms with Gasteiger partial charge in [0.05, 0.1) is 19.7 Å². The molecule has 1 unspecified atom stereocenters. The lowest BCUT2D eigenvalue weighted by molar-refractivity contribution is -0.196. The number of carbonyl (C=O) groups excluding carboxylic acids is 1. The Morgan fingerprint density at radius 3 is 2.81 bits per heavy atom. The van der Waals surface area contributed by atoms with E-state index >= 15 is 0 Å². The summed E-state index contributed by atoms with van der Waals surface area (Å²) in [4.78, 5) is 25.7. The topological polar surface area (TPSA) is 67.8 Å². The number of aromatic nitrogens is 2. The first-order valence-corrected chi connectivity index (χ1v) is 10.2. The fraction of sp³-hybridized carbons (Fsp3) is 0.750. The molecule has 1 aromatic heterocycles. The van der Waals surface area contributed by atoms with E-state index in [4.69, 9.17) is 9.47 Å². The van der Waals surface area contributed by atoms with Gasteiger partial charge in [0, 0.05) is 30.7 Å². The van der Waals surface area contributed by atoms with E-state index in [1.54, 1.807) is 6.20 Å². The molecular weight excluding hydrogens is 344 g/mol. The summed E-state index contributed by atoms with van der Waals surface area (Å²) in [6.07, 6.45) is 5.36. The maximum atomic E-state index is 12.8. The van der Waals surface area contributed by atoms with Crippen LogP contribution in [0.3, 0.4) is 0 Å². The predicted molar refractivity (Wildman–Crippen MR) is 101 cm³/mol. The van der Waals surface area contributed by atoms with Crippen LogP contribution in [-0.4, -0.2) is 76.7 Å². The lowest BCUT2D eigenvalue weighted by atomic mass is 9.83. The summed E-state index contributed by atoms with van der Waals surface area (Å²) in [5.41, 5.74) is 0.656. The first kappa shape index (κ1) is 18.6. The maximum absolute atomic E-state index is 12.8. The van der Waals surface area contributed by atoms with Gasteiger partial charge in [0.2, 0.25) is 5.91 Å². The second-order valence-corrected chi connectivity index (χ2v) is 8.15. The fourth-order valence-corrected chi connectivity index (χ4v) is 4.50. The molecule has 3 fully saturated rings. The molecule has 0 bridgehead atoms. The van der Waals surface area contributed by atoms with Crippen molar-refractivity contribution in [3.63, 3.8) is 0 Å². The van der Waals surface area contributed by atoms with Crippen LogP contribution in [0.15, 0.2) is 12.3 Å². The minimum Gasteiger partial charge on any atom is -0.460 e. The molecule has 3 aliphatic heterocycles. The summed E-state index contributed by atoms with van der Waals surface area (Å²) in [6.45, 7) is 9.30. The van der Waals surface area contributed by atoms with Gasteiger partial charge in [0.25, 0.3) is 0 Å². The van der Waals surface area contributed by atoms with Crippen molar-refractivity contribution in [2.75, 3.05) is 39.3 Å². The van der Waals surface area contributed by atoms with E-state index in [0.717, 1.165) is 51.0 Å². The third-order valence-corrected chi connectivity index (χ3v) is 6.15. The summed E-state index contributed by atoms with van der Waals surface area (Å²) in [5, 5.41) is 0. The molecule has 7 nitrogen and oxygen atoms in total. The molecule has 1 spiro atoms. The lowest BCUT2D eigenvalue weighted by Gasteiger charge is -2.53. The standard InChI is InChI=1S/C20H30N4O3/c1-3-23-9-5-16(6-10-23)18(25)24-13-20(14-24)12-17(7-11-26-20)27-19-21-8-4-15(2)22-19/h4,8,16-17H,3,5-7,9-14H2,1-2H3. The Morgan fingerprint density at radius 1 is 1.33 bits per heavy atom. The van der Waals surface area contributed by atoms with Crippen LogP contribution >= 0.6 is 0 Å². The van der Waals surface area contributed by atoms with Crippen molar-refractivity contribution >= 4 is 5.91 Å². The van der Waals surface area contributed by atoms with Crippen LogP contribution in [0.5, 0.6) is 6.01 Å². The summed E-state index contributed by atoms with van der Waals surface area (Å²) in [7, 11) is 0. The molecule has 1 amide bonds. The van der Waals surface area contributed by atoms with Gasteiger partial charge in [0.15, 0.2) is 0 Å². The van der Waals surface area contributed by atoms with Gasteiger partial charge in [-0.3, -0.25) is 4.79 Å². The summed E-state index contributed by atoms with van der Waals surface area (Å²) in [6, 6.07) is 2.30. The number of likely N-dealkylation sites (tertiary alicyclic amines) is 2. The van der Waals surface area contributed by atoms with E-state index in [1.807, 2.05) is 17.9 Å². The van der Waals surface area contributed by atoms with E-state index in [1.165, 1.54) is 0 Å². The molecule has 7 heteroatoms. The highest BCUT2D eigenvalue weighted by molar-refractivity contribution is 5.80. The average molecular weight is 374 g/mol. The molecule has 0 radical (unpaired) electrons. The lowest BCUT2D eigenvalue weighted by Crippen LogP contribution is -2.68. The number of hydrogen-bond acceptors (Lipinski definition) is 6. The first-order valence-electron chi connectivity index (χ1n) is 10.2. The van der Waals surface area contributed by atoms with Gasteiger partial charge in [0.1, 0.15) is 11.7 Å². The number of ether oxygens (including phenoxy) is 2. The van der Waals surface area contributed by atoms with Crippen LogP contribution in [0.4, 0.5) is 0 Å². The molecule has 1 aromatic rings. The molecule has 1 atom stereocenters. The van der Waals surface area contributed by atoms with Crippen molar-refractivity contribution in [2.45, 2.75) is 51.2 Å². The van der Waals surface area contributed by atoms with Gasteiger partial charge in [-0.05, 0) is 45.5 Å². The molecule has 0 N–H and O–H groups in total. The molecule has 0 aliphatic carbocycles. The Hall–Kier alpha value is -1.73. The number of hydrogen-bond donors (Lipinski definition) is 0. The van der Waals surface area contributed by atoms with E-state index in [9.17, 15) is 4.79 Å². The second kappa shape index (κ2) is 7.72. The Labute approximate surface area is 161 Å². The fourth-order valence-electron chi connectivity index (χ4n) is 4.50. The minimum atomic E-state index is -0.244.